The molecule has 6 N–H and O–H groups in total. The van der Waals surface area contributed by atoms with E-state index < -0.39 is 17.7 Å². The smallest absolute Gasteiger partial charge is 0.405 e. The fourth-order valence-corrected chi connectivity index (χ4v) is 4.62. The van der Waals surface area contributed by atoms with E-state index in [4.69, 9.17) is 10.8 Å². The lowest BCUT2D eigenvalue weighted by Crippen LogP contribution is -2.43. The van der Waals surface area contributed by atoms with Crippen LogP contribution in [0.5, 0.6) is 0 Å². The van der Waals surface area contributed by atoms with Crippen LogP contribution in [0.1, 0.15) is 77.7 Å². The molecule has 0 aliphatic rings. The van der Waals surface area contributed by atoms with E-state index in [0.29, 0.717) is 29.0 Å². The maximum absolute atomic E-state index is 12.3. The lowest BCUT2D eigenvalue weighted by Gasteiger charge is -2.18. The van der Waals surface area contributed by atoms with Crippen LogP contribution in [0.3, 0.4) is 0 Å². The highest BCUT2D eigenvalue weighted by Gasteiger charge is 2.22. The van der Waals surface area contributed by atoms with Gasteiger partial charge in [-0.1, -0.05) is 50.4 Å². The summed E-state index contributed by atoms with van der Waals surface area (Å²) in [5.41, 5.74) is 4.26. The molecular formula is C25H44N8O6S2. The van der Waals surface area contributed by atoms with E-state index in [2.05, 4.69) is 41.1 Å². The molecule has 2 heterocycles. The summed E-state index contributed by atoms with van der Waals surface area (Å²) in [6.45, 7) is 13.0. The highest BCUT2D eigenvalue weighted by atomic mass is 32.1. The van der Waals surface area contributed by atoms with E-state index in [1.165, 1.54) is 22.7 Å². The van der Waals surface area contributed by atoms with E-state index in [0.717, 1.165) is 42.8 Å². The second-order valence-electron chi connectivity index (χ2n) is 10.4. The van der Waals surface area contributed by atoms with Crippen LogP contribution in [0.25, 0.3) is 0 Å². The summed E-state index contributed by atoms with van der Waals surface area (Å²) in [6.07, 6.45) is 3.56. The van der Waals surface area contributed by atoms with E-state index >= 15 is 0 Å². The lowest BCUT2D eigenvalue weighted by atomic mass is 10.0. The molecule has 14 nitrogen and oxygen atoms in total. The van der Waals surface area contributed by atoms with Crippen LogP contribution in [0, 0.1) is 11.8 Å². The fraction of sp³-hybridized carbons (Fsp3) is 0.680. The Labute approximate surface area is 249 Å². The first-order chi connectivity index (χ1) is 19.2. The van der Waals surface area contributed by atoms with Gasteiger partial charge in [0.25, 0.3) is 0 Å². The number of amides is 4. The zero-order valence-corrected chi connectivity index (χ0v) is 26.6. The van der Waals surface area contributed by atoms with Crippen molar-refractivity contribution < 1.29 is 29.0 Å². The normalized spacial score (nSPS) is 11.4. The number of aromatic nitrogens is 4. The van der Waals surface area contributed by atoms with Gasteiger partial charge >= 0.3 is 6.09 Å². The molecule has 41 heavy (non-hydrogen) atoms. The Morgan fingerprint density at radius 1 is 0.927 bits per heavy atom. The predicted molar refractivity (Wildman–Crippen MR) is 160 cm³/mol. The third-order valence-corrected chi connectivity index (χ3v) is 6.44. The molecule has 4 amide bonds. The monoisotopic (exact) mass is 616 g/mol. The average molecular weight is 617 g/mol. The van der Waals surface area contributed by atoms with E-state index in [9.17, 15) is 19.2 Å². The number of rotatable bonds is 13. The molecule has 1 atom stereocenters. The van der Waals surface area contributed by atoms with Gasteiger partial charge in [-0.05, 0) is 45.4 Å². The van der Waals surface area contributed by atoms with Crippen molar-refractivity contribution in [2.45, 2.75) is 92.2 Å². The number of ether oxygens (including phenoxy) is 1. The second kappa shape index (κ2) is 19.8. The molecule has 0 bridgehead atoms. The van der Waals surface area contributed by atoms with Gasteiger partial charge in [-0.2, -0.15) is 0 Å². The zero-order chi connectivity index (χ0) is 31.6. The second-order valence-corrected chi connectivity index (χ2v) is 12.5. The number of hydrogen-bond acceptors (Lipinski definition) is 12. The Bertz CT molecular complexity index is 1070. The number of hydrogen-bond donors (Lipinski definition) is 5. The van der Waals surface area contributed by atoms with Gasteiger partial charge in [-0.3, -0.25) is 19.7 Å². The van der Waals surface area contributed by atoms with Crippen LogP contribution in [0.2, 0.25) is 0 Å². The van der Waals surface area contributed by atoms with Crippen molar-refractivity contribution in [1.29, 1.82) is 0 Å². The number of carbonyl (C=O) groups is 4. The minimum Gasteiger partial charge on any atom is -0.444 e. The molecule has 0 aliphatic carbocycles. The molecule has 1 unspecified atom stereocenters. The molecule has 2 rings (SSSR count). The van der Waals surface area contributed by atoms with E-state index in [1.54, 1.807) is 20.8 Å². The van der Waals surface area contributed by atoms with Gasteiger partial charge in [0.15, 0.2) is 0 Å². The summed E-state index contributed by atoms with van der Waals surface area (Å²) in [5.74, 6) is -0.0934. The quantitative estimate of drug-likeness (QED) is 0.164. The maximum atomic E-state index is 12.3. The molecule has 0 saturated heterocycles. The highest BCUT2D eigenvalue weighted by Crippen LogP contribution is 2.21. The van der Waals surface area contributed by atoms with E-state index in [-0.39, 0.29) is 17.7 Å². The number of aliphatic hydroxyl groups is 1. The van der Waals surface area contributed by atoms with Crippen LogP contribution in [-0.2, 0) is 32.0 Å². The van der Waals surface area contributed by atoms with Gasteiger partial charge < -0.3 is 26.2 Å². The molecule has 0 aliphatic heterocycles. The van der Waals surface area contributed by atoms with Crippen LogP contribution in [-0.4, -0.2) is 68.6 Å². The first kappa shape index (κ1) is 37.8. The summed E-state index contributed by atoms with van der Waals surface area (Å²) in [7, 11) is 1.00. The number of unbranched alkanes of at least 4 members (excludes halogenated alkanes) is 1. The van der Waals surface area contributed by atoms with Crippen LogP contribution in [0.15, 0.2) is 0 Å². The first-order valence-electron chi connectivity index (χ1n) is 13.1. The molecule has 16 heteroatoms. The molecule has 0 aromatic carbocycles. The van der Waals surface area contributed by atoms with Crippen molar-refractivity contribution in [3.63, 3.8) is 0 Å². The third-order valence-electron chi connectivity index (χ3n) is 4.64. The highest BCUT2D eigenvalue weighted by molar-refractivity contribution is 7.15. The zero-order valence-electron chi connectivity index (χ0n) is 25.0. The minimum absolute atomic E-state index is 0.0398. The Balaban J connectivity index is 0.00000138. The number of nitrogens with one attached hydrogen (secondary N) is 3. The summed E-state index contributed by atoms with van der Waals surface area (Å²) in [6, 6.07) is -0.614. The Morgan fingerprint density at radius 3 is 1.78 bits per heavy atom. The molecule has 2 aromatic rings. The Kier molecular flexibility index (Phi) is 18.2. The van der Waals surface area contributed by atoms with Crippen molar-refractivity contribution in [1.82, 2.24) is 25.7 Å². The summed E-state index contributed by atoms with van der Waals surface area (Å²) in [5, 5.41) is 33.9. The lowest BCUT2D eigenvalue weighted by molar-refractivity contribution is -0.122. The number of primary amides is 1. The number of carbonyl (C=O) groups excluding carboxylic acids is 4. The number of anilines is 2. The minimum atomic E-state index is -0.725. The number of aliphatic hydroxyl groups excluding tert-OH is 1. The van der Waals surface area contributed by atoms with E-state index in [1.807, 2.05) is 27.7 Å². The van der Waals surface area contributed by atoms with Crippen molar-refractivity contribution in [3.8, 4) is 0 Å². The fourth-order valence-electron chi connectivity index (χ4n) is 3.03. The van der Waals surface area contributed by atoms with Crippen LogP contribution >= 0.6 is 22.7 Å². The van der Waals surface area contributed by atoms with Gasteiger partial charge in [0, 0.05) is 26.4 Å². The first-order valence-corrected chi connectivity index (χ1v) is 14.7. The van der Waals surface area contributed by atoms with Gasteiger partial charge in [0.1, 0.15) is 21.7 Å². The largest absolute Gasteiger partial charge is 0.444 e. The van der Waals surface area contributed by atoms with Crippen LogP contribution in [0.4, 0.5) is 15.1 Å². The molecule has 0 radical (unpaired) electrons. The Hall–Kier alpha value is -3.24. The average Bonchev–Trinajstić information content (AvgIpc) is 3.48. The third kappa shape index (κ3) is 17.9. The van der Waals surface area contributed by atoms with Crippen LogP contribution < -0.4 is 21.7 Å². The number of nitrogens with zero attached hydrogens (tertiary/aromatic N) is 4. The molecule has 0 spiro atoms. The predicted octanol–water partition coefficient (Wildman–Crippen LogP) is 3.14. The molecule has 232 valence electrons. The molecule has 2 aromatic heterocycles. The summed E-state index contributed by atoms with van der Waals surface area (Å²) >= 11 is 2.72. The number of aryl methyl sites for hydroxylation is 2. The van der Waals surface area contributed by atoms with Gasteiger partial charge in [-0.15, -0.1) is 20.4 Å². The Morgan fingerprint density at radius 2 is 1.41 bits per heavy atom. The molecular weight excluding hydrogens is 572 g/mol. The van der Waals surface area contributed by atoms with Gasteiger partial charge in [-0.25, -0.2) is 4.79 Å². The number of nitrogens with two attached hydrogens (primary N) is 1. The topological polar surface area (TPSA) is 211 Å². The maximum Gasteiger partial charge on any atom is 0.405 e. The summed E-state index contributed by atoms with van der Waals surface area (Å²) < 4.78 is 4.58. The van der Waals surface area contributed by atoms with Crippen molar-refractivity contribution in [2.24, 2.45) is 17.6 Å². The standard InChI is InChI=1S/C19H29N7O3S2.C5H11NO2.CH4O/c1-11(2)9-13(28)21-18-25-23-14(30-18)7-5-6-8-15-24-26-19(31-15)22-17(29)16(12(3)4)20-10-27;1-5(2,3)8-4(6)7;1-2/h10-12,16H,5-9H2,1-4H3,(H,20,27)(H,21,25,28)(H,22,26,29);1-3H3,(H2,6,7);2H,1H3. The van der Waals surface area contributed by atoms with Gasteiger partial charge in [0.05, 0.1) is 0 Å². The van der Waals surface area contributed by atoms with Gasteiger partial charge in [0.2, 0.25) is 28.5 Å². The van der Waals surface area contributed by atoms with Crippen molar-refractivity contribution in [3.05, 3.63) is 10.0 Å². The molecule has 0 saturated carbocycles. The summed E-state index contributed by atoms with van der Waals surface area (Å²) in [4.78, 5) is 44.7. The molecule has 0 fully saturated rings. The van der Waals surface area contributed by atoms with Crippen molar-refractivity contribution in [2.75, 3.05) is 17.7 Å². The van der Waals surface area contributed by atoms with Crippen molar-refractivity contribution >= 4 is 57.3 Å². The SMILES string of the molecule is CC(C)(C)OC(N)=O.CC(C)CC(=O)Nc1nnc(CCCCc2nnc(NC(=O)C(NC=O)C(C)C)s2)s1.CO.